The lowest BCUT2D eigenvalue weighted by atomic mass is 9.44. The molecular formula is C47H50BrNO14. The van der Waals surface area contributed by atoms with E-state index in [1.165, 1.54) is 26.0 Å². The molecular weight excluding hydrogens is 882 g/mol. The van der Waals surface area contributed by atoms with Gasteiger partial charge in [0.05, 0.1) is 35.6 Å². The molecule has 3 aromatic carbocycles. The van der Waals surface area contributed by atoms with Gasteiger partial charge in [-0.3, -0.25) is 19.2 Å². The van der Waals surface area contributed by atoms with Crippen LogP contribution in [-0.4, -0.2) is 105 Å². The van der Waals surface area contributed by atoms with Gasteiger partial charge >= 0.3 is 23.9 Å². The molecule has 3 aliphatic carbocycles. The third-order valence-electron chi connectivity index (χ3n) is 13.6. The van der Waals surface area contributed by atoms with Crippen LogP contribution in [0.25, 0.3) is 0 Å². The molecule has 1 saturated heterocycles. The molecule has 7 rings (SSSR count). The third-order valence-corrected chi connectivity index (χ3v) is 14.1. The Bertz CT molecular complexity index is 2340. The number of esters is 4. The summed E-state index contributed by atoms with van der Waals surface area (Å²) in [6, 6.07) is 21.2. The fourth-order valence-electron chi connectivity index (χ4n) is 10.2. The largest absolute Gasteiger partial charge is 0.456 e. The van der Waals surface area contributed by atoms with E-state index in [4.69, 9.17) is 23.7 Å². The predicted molar refractivity (Wildman–Crippen MR) is 225 cm³/mol. The van der Waals surface area contributed by atoms with Crippen LogP contribution in [0, 0.1) is 16.7 Å². The number of Topliss-reactive ketones (excluding diaryl/α,β-unsaturated/α-hetero) is 1. The minimum atomic E-state index is -2.40. The zero-order valence-corrected chi connectivity index (χ0v) is 37.1. The van der Waals surface area contributed by atoms with E-state index in [2.05, 4.69) is 21.2 Å². The number of ether oxygens (including phenoxy) is 5. The Morgan fingerprint density at radius 1 is 0.857 bits per heavy atom. The van der Waals surface area contributed by atoms with Crippen molar-refractivity contribution in [2.45, 2.75) is 108 Å². The fraction of sp³-hybridized carbons (Fsp3) is 0.447. The van der Waals surface area contributed by atoms with Crippen molar-refractivity contribution >= 4 is 51.5 Å². The van der Waals surface area contributed by atoms with Crippen molar-refractivity contribution in [3.8, 4) is 0 Å². The molecule has 1 amide bonds. The zero-order valence-electron chi connectivity index (χ0n) is 35.5. The number of aliphatic hydroxyl groups is 3. The van der Waals surface area contributed by atoms with Crippen molar-refractivity contribution in [3.05, 3.63) is 117 Å². The second kappa shape index (κ2) is 17.0. The summed E-state index contributed by atoms with van der Waals surface area (Å²) in [4.78, 5) is 83.6. The monoisotopic (exact) mass is 931 g/mol. The summed E-state index contributed by atoms with van der Waals surface area (Å²) in [5.41, 5.74) is -7.08. The fourth-order valence-corrected chi connectivity index (χ4v) is 10.5. The molecule has 63 heavy (non-hydrogen) atoms. The summed E-state index contributed by atoms with van der Waals surface area (Å²) in [6.07, 6.45) is -10.6. The van der Waals surface area contributed by atoms with E-state index in [1.807, 2.05) is 0 Å². The zero-order chi connectivity index (χ0) is 45.8. The second-order valence-corrected chi connectivity index (χ2v) is 18.4. The molecule has 2 bridgehead atoms. The number of amides is 1. The van der Waals surface area contributed by atoms with E-state index in [9.17, 15) is 39.3 Å². The first-order chi connectivity index (χ1) is 29.7. The number of carbonyl (C=O) groups is 6. The van der Waals surface area contributed by atoms with Crippen LogP contribution in [0.2, 0.25) is 0 Å². The molecule has 3 fully saturated rings. The molecule has 3 aromatic rings. The molecule has 15 nitrogen and oxygen atoms in total. The predicted octanol–water partition coefficient (Wildman–Crippen LogP) is 4.50. The van der Waals surface area contributed by atoms with Gasteiger partial charge in [-0.25, -0.2) is 9.59 Å². The van der Waals surface area contributed by atoms with Gasteiger partial charge in [-0.05, 0) is 67.0 Å². The molecule has 4 N–H and O–H groups in total. The standard InChI is InChI=1S/C47H50BrNO14/c1-24-31(61-43(57)36(53)35(27-13-9-7-10-14-27)49-41(55)28-17-19-30(48)20-18-28)22-47(58)40(62-42(56)29-15-11-8-12-16-29)38-45(6,32(52)21-33-46(38,23-59-33)63-26(3)51)39(54)37(60-25(2)50)34(24)44(47,4)5/h7-20,31-33,35-38,40,52-53,58H,21-23H2,1-6H3,(H,49,55)/t31-,32-,33+,35?,36?,37+,38-,40+,45+,46-,47+/m0/s1. The number of carbonyl (C=O) groups excluding carboxylic acids is 6. The second-order valence-electron chi connectivity index (χ2n) is 17.5. The lowest BCUT2D eigenvalue weighted by Gasteiger charge is -2.67. The number of halogens is 1. The highest BCUT2D eigenvalue weighted by atomic mass is 79.9. The molecule has 2 unspecified atom stereocenters. The number of fused-ring (bicyclic) bond motifs is 5. The Morgan fingerprint density at radius 3 is 2.05 bits per heavy atom. The molecule has 334 valence electrons. The first kappa shape index (κ1) is 45.8. The topological polar surface area (TPSA) is 221 Å². The van der Waals surface area contributed by atoms with E-state index >= 15 is 4.79 Å². The van der Waals surface area contributed by atoms with Gasteiger partial charge in [0.15, 0.2) is 23.6 Å². The average molecular weight is 933 g/mol. The number of rotatable bonds is 10. The van der Waals surface area contributed by atoms with Crippen LogP contribution in [0.1, 0.15) is 86.7 Å². The van der Waals surface area contributed by atoms with Crippen LogP contribution < -0.4 is 5.32 Å². The van der Waals surface area contributed by atoms with E-state index in [1.54, 1.807) is 86.6 Å². The van der Waals surface area contributed by atoms with Crippen LogP contribution in [0.5, 0.6) is 0 Å². The van der Waals surface area contributed by atoms with Crippen LogP contribution >= 0.6 is 15.9 Å². The van der Waals surface area contributed by atoms with E-state index in [0.29, 0.717) is 5.56 Å². The molecule has 1 heterocycles. The summed E-state index contributed by atoms with van der Waals surface area (Å²) in [7, 11) is 0. The van der Waals surface area contributed by atoms with Crippen molar-refractivity contribution in [1.82, 2.24) is 5.32 Å². The molecule has 0 aromatic heterocycles. The SMILES string of the molecule is CC(=O)O[C@H]1C(=O)[C@@]2(C)[C@H]([C@@H](OC(=O)c3ccccc3)[C@]3(O)C[C@H](OC(=O)C(O)C(NC(=O)c4ccc(Br)cc4)c4ccccc4)C(C)=C1C3(C)C)[C@]1(OC(C)=O)CO[C@@H]1C[C@@H]2O. The van der Waals surface area contributed by atoms with Crippen molar-refractivity contribution < 1.29 is 67.8 Å². The van der Waals surface area contributed by atoms with Crippen molar-refractivity contribution in [2.75, 3.05) is 6.61 Å². The molecule has 11 atom stereocenters. The minimum Gasteiger partial charge on any atom is -0.456 e. The van der Waals surface area contributed by atoms with Gasteiger partial charge in [-0.15, -0.1) is 0 Å². The van der Waals surface area contributed by atoms with Crippen LogP contribution in [0.3, 0.4) is 0 Å². The number of ketones is 1. The molecule has 16 heteroatoms. The minimum absolute atomic E-state index is 0.00644. The first-order valence-corrected chi connectivity index (χ1v) is 21.4. The van der Waals surface area contributed by atoms with Gasteiger partial charge in [0.2, 0.25) is 0 Å². The molecule has 4 aliphatic rings. The Labute approximate surface area is 372 Å². The summed E-state index contributed by atoms with van der Waals surface area (Å²) >= 11 is 3.34. The van der Waals surface area contributed by atoms with Crippen LogP contribution in [0.15, 0.2) is 101 Å². The quantitative estimate of drug-likeness (QED) is 0.125. The lowest BCUT2D eigenvalue weighted by molar-refractivity contribution is -0.346. The maximum atomic E-state index is 15.5. The molecule has 1 aliphatic heterocycles. The molecule has 2 saturated carbocycles. The van der Waals surface area contributed by atoms with Crippen molar-refractivity contribution in [1.29, 1.82) is 0 Å². The summed E-state index contributed by atoms with van der Waals surface area (Å²) in [5.74, 6) is -6.88. The van der Waals surface area contributed by atoms with Crippen LogP contribution in [-0.2, 0) is 42.9 Å². The van der Waals surface area contributed by atoms with E-state index in [0.717, 1.165) is 18.3 Å². The average Bonchev–Trinajstić information content (AvgIpc) is 3.24. The Kier molecular flexibility index (Phi) is 12.4. The van der Waals surface area contributed by atoms with E-state index in [-0.39, 0.29) is 35.3 Å². The van der Waals surface area contributed by atoms with Crippen LogP contribution in [0.4, 0.5) is 0 Å². The van der Waals surface area contributed by atoms with Crippen molar-refractivity contribution in [3.63, 3.8) is 0 Å². The Morgan fingerprint density at radius 2 is 1.48 bits per heavy atom. The summed E-state index contributed by atoms with van der Waals surface area (Å²) < 4.78 is 31.0. The summed E-state index contributed by atoms with van der Waals surface area (Å²) in [6.45, 7) is 7.96. The summed E-state index contributed by atoms with van der Waals surface area (Å²) in [5, 5.41) is 40.3. The number of hydrogen-bond acceptors (Lipinski definition) is 14. The van der Waals surface area contributed by atoms with Gasteiger partial charge in [0, 0.05) is 42.1 Å². The maximum Gasteiger partial charge on any atom is 0.338 e. The number of hydrogen-bond donors (Lipinski definition) is 4. The van der Waals surface area contributed by atoms with Gasteiger partial charge in [0.1, 0.15) is 23.9 Å². The highest BCUT2D eigenvalue weighted by molar-refractivity contribution is 9.10. The number of nitrogens with one attached hydrogen (secondary N) is 1. The van der Waals surface area contributed by atoms with E-state index < -0.39 is 113 Å². The van der Waals surface area contributed by atoms with Crippen molar-refractivity contribution in [2.24, 2.45) is 16.7 Å². The highest BCUT2D eigenvalue weighted by Gasteiger charge is 2.78. The number of benzene rings is 3. The number of aliphatic hydroxyl groups excluding tert-OH is 2. The molecule has 0 spiro atoms. The Balaban J connectivity index is 1.38. The smallest absolute Gasteiger partial charge is 0.338 e. The normalized spacial score (nSPS) is 31.6. The van der Waals surface area contributed by atoms with Gasteiger partial charge in [0.25, 0.3) is 5.91 Å². The first-order valence-electron chi connectivity index (χ1n) is 20.6. The molecule has 0 radical (unpaired) electrons. The maximum absolute atomic E-state index is 15.5. The lowest BCUT2D eigenvalue weighted by Crippen LogP contribution is -2.82. The van der Waals surface area contributed by atoms with Gasteiger partial charge in [-0.2, -0.15) is 0 Å². The third kappa shape index (κ3) is 7.79. The van der Waals surface area contributed by atoms with Gasteiger partial charge < -0.3 is 44.3 Å². The Hall–Kier alpha value is -5.26. The highest BCUT2D eigenvalue weighted by Crippen LogP contribution is 2.64. The van der Waals surface area contributed by atoms with Gasteiger partial charge in [-0.1, -0.05) is 78.3 Å².